The SMILES string of the molecule is CCNC(CN(CC)CCOCC)C(C)(C)C. The van der Waals surface area contributed by atoms with Crippen molar-refractivity contribution in [2.24, 2.45) is 5.41 Å². The average Bonchev–Trinajstić information content (AvgIpc) is 2.25. The van der Waals surface area contributed by atoms with Gasteiger partial charge in [-0.15, -0.1) is 0 Å². The van der Waals surface area contributed by atoms with E-state index in [2.05, 4.69) is 44.8 Å². The van der Waals surface area contributed by atoms with E-state index < -0.39 is 0 Å². The molecule has 0 heterocycles. The fourth-order valence-corrected chi connectivity index (χ4v) is 1.87. The molecule has 0 aliphatic heterocycles. The highest BCUT2D eigenvalue weighted by atomic mass is 16.5. The van der Waals surface area contributed by atoms with E-state index in [4.69, 9.17) is 4.74 Å². The number of likely N-dealkylation sites (N-methyl/N-ethyl adjacent to an activating group) is 2. The Morgan fingerprint density at radius 1 is 1.18 bits per heavy atom. The van der Waals surface area contributed by atoms with Crippen LogP contribution in [0.25, 0.3) is 0 Å². The van der Waals surface area contributed by atoms with Gasteiger partial charge in [0.1, 0.15) is 0 Å². The first-order chi connectivity index (χ1) is 7.95. The van der Waals surface area contributed by atoms with Crippen LogP contribution in [0.2, 0.25) is 0 Å². The van der Waals surface area contributed by atoms with E-state index in [1.165, 1.54) is 0 Å². The Morgan fingerprint density at radius 2 is 1.82 bits per heavy atom. The Kier molecular flexibility index (Phi) is 8.83. The molecule has 0 saturated heterocycles. The summed E-state index contributed by atoms with van der Waals surface area (Å²) in [5, 5.41) is 3.60. The van der Waals surface area contributed by atoms with E-state index in [0.717, 1.165) is 39.4 Å². The number of ether oxygens (including phenoxy) is 1. The Bertz CT molecular complexity index is 178. The van der Waals surface area contributed by atoms with E-state index in [1.54, 1.807) is 0 Å². The summed E-state index contributed by atoms with van der Waals surface area (Å²) in [5.41, 5.74) is 0.301. The molecule has 0 aromatic heterocycles. The van der Waals surface area contributed by atoms with Crippen LogP contribution in [0.1, 0.15) is 41.5 Å². The maximum Gasteiger partial charge on any atom is 0.0593 e. The number of nitrogens with zero attached hydrogens (tertiary/aromatic N) is 1. The fraction of sp³-hybridized carbons (Fsp3) is 1.00. The molecule has 0 aromatic rings. The number of nitrogens with one attached hydrogen (secondary N) is 1. The van der Waals surface area contributed by atoms with Gasteiger partial charge in [0.25, 0.3) is 0 Å². The Hall–Kier alpha value is -0.120. The molecular weight excluding hydrogens is 212 g/mol. The monoisotopic (exact) mass is 244 g/mol. The van der Waals surface area contributed by atoms with Crippen LogP contribution in [0.15, 0.2) is 0 Å². The standard InChI is InChI=1S/C14H32N2O/c1-7-15-13(14(4,5)6)12-16(8-2)10-11-17-9-3/h13,15H,7-12H2,1-6H3. The van der Waals surface area contributed by atoms with Gasteiger partial charge < -0.3 is 10.1 Å². The third kappa shape index (κ3) is 7.74. The predicted octanol–water partition coefficient (Wildman–Crippen LogP) is 2.37. The minimum absolute atomic E-state index is 0.301. The highest BCUT2D eigenvalue weighted by Crippen LogP contribution is 2.20. The molecule has 0 rings (SSSR count). The van der Waals surface area contributed by atoms with E-state index >= 15 is 0 Å². The van der Waals surface area contributed by atoms with Gasteiger partial charge >= 0.3 is 0 Å². The molecular formula is C14H32N2O. The van der Waals surface area contributed by atoms with Crippen molar-refractivity contribution in [3.05, 3.63) is 0 Å². The second-order valence-corrected chi connectivity index (χ2v) is 5.57. The van der Waals surface area contributed by atoms with Crippen molar-refractivity contribution in [2.75, 3.05) is 39.4 Å². The number of hydrogen-bond donors (Lipinski definition) is 1. The topological polar surface area (TPSA) is 24.5 Å². The lowest BCUT2D eigenvalue weighted by molar-refractivity contribution is 0.101. The molecule has 3 nitrogen and oxygen atoms in total. The molecule has 3 heteroatoms. The van der Waals surface area contributed by atoms with E-state index in [-0.39, 0.29) is 0 Å². The van der Waals surface area contributed by atoms with Gasteiger partial charge in [-0.3, -0.25) is 4.90 Å². The van der Waals surface area contributed by atoms with Gasteiger partial charge in [0.15, 0.2) is 0 Å². The maximum absolute atomic E-state index is 5.43. The molecule has 0 fully saturated rings. The lowest BCUT2D eigenvalue weighted by atomic mass is 9.86. The third-order valence-electron chi connectivity index (χ3n) is 3.14. The van der Waals surface area contributed by atoms with Gasteiger partial charge in [-0.1, -0.05) is 34.6 Å². The smallest absolute Gasteiger partial charge is 0.0593 e. The molecule has 17 heavy (non-hydrogen) atoms. The van der Waals surface area contributed by atoms with Crippen LogP contribution in [-0.4, -0.2) is 50.3 Å². The molecule has 0 radical (unpaired) electrons. The zero-order chi connectivity index (χ0) is 13.3. The minimum atomic E-state index is 0.301. The van der Waals surface area contributed by atoms with Crippen molar-refractivity contribution >= 4 is 0 Å². The van der Waals surface area contributed by atoms with Crippen molar-refractivity contribution in [3.8, 4) is 0 Å². The zero-order valence-electron chi connectivity index (χ0n) is 12.7. The quantitative estimate of drug-likeness (QED) is 0.630. The van der Waals surface area contributed by atoms with Crippen LogP contribution < -0.4 is 5.32 Å². The predicted molar refractivity (Wildman–Crippen MR) is 75.5 cm³/mol. The summed E-state index contributed by atoms with van der Waals surface area (Å²) < 4.78 is 5.43. The lowest BCUT2D eigenvalue weighted by Crippen LogP contribution is -2.49. The minimum Gasteiger partial charge on any atom is -0.380 e. The normalized spacial score (nSPS) is 14.3. The van der Waals surface area contributed by atoms with Crippen molar-refractivity contribution in [1.29, 1.82) is 0 Å². The number of rotatable bonds is 9. The van der Waals surface area contributed by atoms with Gasteiger partial charge in [-0.2, -0.15) is 0 Å². The van der Waals surface area contributed by atoms with Crippen LogP contribution in [-0.2, 0) is 4.74 Å². The van der Waals surface area contributed by atoms with Crippen LogP contribution in [0.5, 0.6) is 0 Å². The van der Waals surface area contributed by atoms with Gasteiger partial charge in [-0.05, 0) is 25.4 Å². The van der Waals surface area contributed by atoms with Crippen molar-refractivity contribution in [1.82, 2.24) is 10.2 Å². The van der Waals surface area contributed by atoms with Crippen LogP contribution in [0.4, 0.5) is 0 Å². The summed E-state index contributed by atoms with van der Waals surface area (Å²) in [6, 6.07) is 0.536. The second kappa shape index (κ2) is 8.90. The maximum atomic E-state index is 5.43. The highest BCUT2D eigenvalue weighted by Gasteiger charge is 2.25. The van der Waals surface area contributed by atoms with Gasteiger partial charge in [0.2, 0.25) is 0 Å². The summed E-state index contributed by atoms with van der Waals surface area (Å²) in [7, 11) is 0. The molecule has 0 bridgehead atoms. The Labute approximate surface area is 108 Å². The van der Waals surface area contributed by atoms with Crippen molar-refractivity contribution < 1.29 is 4.74 Å². The molecule has 104 valence electrons. The summed E-state index contributed by atoms with van der Waals surface area (Å²) in [5.74, 6) is 0. The van der Waals surface area contributed by atoms with E-state index in [0.29, 0.717) is 11.5 Å². The number of hydrogen-bond acceptors (Lipinski definition) is 3. The fourth-order valence-electron chi connectivity index (χ4n) is 1.87. The van der Waals surface area contributed by atoms with Gasteiger partial charge in [-0.25, -0.2) is 0 Å². The zero-order valence-corrected chi connectivity index (χ0v) is 12.7. The summed E-state index contributed by atoms with van der Waals surface area (Å²) in [6.45, 7) is 19.3. The molecule has 1 unspecified atom stereocenters. The van der Waals surface area contributed by atoms with E-state index in [1.807, 2.05) is 6.92 Å². The van der Waals surface area contributed by atoms with E-state index in [9.17, 15) is 0 Å². The van der Waals surface area contributed by atoms with Gasteiger partial charge in [0, 0.05) is 25.7 Å². The highest BCUT2D eigenvalue weighted by molar-refractivity contribution is 4.83. The lowest BCUT2D eigenvalue weighted by Gasteiger charge is -2.35. The first-order valence-electron chi connectivity index (χ1n) is 6.99. The molecule has 1 N–H and O–H groups in total. The average molecular weight is 244 g/mol. The van der Waals surface area contributed by atoms with Crippen LogP contribution in [0.3, 0.4) is 0 Å². The summed E-state index contributed by atoms with van der Waals surface area (Å²) >= 11 is 0. The van der Waals surface area contributed by atoms with Gasteiger partial charge in [0.05, 0.1) is 6.61 Å². The Morgan fingerprint density at radius 3 is 2.24 bits per heavy atom. The first kappa shape index (κ1) is 16.9. The molecule has 0 spiro atoms. The molecule has 0 aliphatic rings. The largest absolute Gasteiger partial charge is 0.380 e. The van der Waals surface area contributed by atoms with Crippen molar-refractivity contribution in [2.45, 2.75) is 47.6 Å². The summed E-state index contributed by atoms with van der Waals surface area (Å²) in [4.78, 5) is 2.47. The molecule has 0 aliphatic carbocycles. The Balaban J connectivity index is 4.18. The first-order valence-corrected chi connectivity index (χ1v) is 6.99. The van der Waals surface area contributed by atoms with Crippen molar-refractivity contribution in [3.63, 3.8) is 0 Å². The molecule has 0 amide bonds. The molecule has 1 atom stereocenters. The third-order valence-corrected chi connectivity index (χ3v) is 3.14. The molecule has 0 aromatic carbocycles. The summed E-state index contributed by atoms with van der Waals surface area (Å²) in [6.07, 6.45) is 0. The molecule has 0 saturated carbocycles. The second-order valence-electron chi connectivity index (χ2n) is 5.57. The van der Waals surface area contributed by atoms with Crippen LogP contribution >= 0.6 is 0 Å². The van der Waals surface area contributed by atoms with Crippen LogP contribution in [0, 0.1) is 5.41 Å².